The predicted molar refractivity (Wildman–Crippen MR) is 75.3 cm³/mol. The first-order valence-electron chi connectivity index (χ1n) is 6.72. The van der Waals surface area contributed by atoms with Crippen molar-refractivity contribution >= 4 is 11.8 Å². The molecule has 16 heavy (non-hydrogen) atoms. The summed E-state index contributed by atoms with van der Waals surface area (Å²) < 4.78 is 0. The molecule has 0 radical (unpaired) electrons. The van der Waals surface area contributed by atoms with Crippen LogP contribution in [0.3, 0.4) is 0 Å². The van der Waals surface area contributed by atoms with Gasteiger partial charge in [0, 0.05) is 25.7 Å². The molecule has 0 spiro atoms. The summed E-state index contributed by atoms with van der Waals surface area (Å²) in [5, 5.41) is 3.66. The van der Waals surface area contributed by atoms with Crippen LogP contribution < -0.4 is 5.32 Å². The minimum atomic E-state index is 0.722. The van der Waals surface area contributed by atoms with Gasteiger partial charge < -0.3 is 10.2 Å². The number of hydrogen-bond acceptors (Lipinski definition) is 3. The number of piperazine rings is 1. The van der Waals surface area contributed by atoms with Crippen LogP contribution in [0.2, 0.25) is 0 Å². The number of nitrogens with zero attached hydrogens (tertiary/aromatic N) is 1. The van der Waals surface area contributed by atoms with Crippen molar-refractivity contribution in [2.24, 2.45) is 5.92 Å². The Labute approximate surface area is 106 Å². The van der Waals surface area contributed by atoms with Crippen LogP contribution >= 0.6 is 11.8 Å². The Balaban J connectivity index is 2.17. The van der Waals surface area contributed by atoms with Gasteiger partial charge >= 0.3 is 0 Å². The molecule has 0 saturated carbocycles. The summed E-state index contributed by atoms with van der Waals surface area (Å²) in [5.74, 6) is 2.13. The summed E-state index contributed by atoms with van der Waals surface area (Å²) in [6.45, 7) is 9.64. The van der Waals surface area contributed by atoms with E-state index in [0.29, 0.717) is 0 Å². The van der Waals surface area contributed by atoms with Crippen LogP contribution in [0.25, 0.3) is 0 Å². The van der Waals surface area contributed by atoms with Gasteiger partial charge in [0.15, 0.2) is 0 Å². The van der Waals surface area contributed by atoms with Crippen molar-refractivity contribution in [3.8, 4) is 0 Å². The van der Waals surface area contributed by atoms with Crippen LogP contribution in [0, 0.1) is 5.92 Å². The van der Waals surface area contributed by atoms with E-state index in [4.69, 9.17) is 0 Å². The average molecular weight is 244 g/mol. The normalized spacial score (nSPS) is 24.6. The summed E-state index contributed by atoms with van der Waals surface area (Å²) >= 11 is 1.97. The van der Waals surface area contributed by atoms with Gasteiger partial charge in [-0.2, -0.15) is 11.8 Å². The van der Waals surface area contributed by atoms with Gasteiger partial charge in [-0.25, -0.2) is 0 Å². The van der Waals surface area contributed by atoms with Crippen molar-refractivity contribution < 1.29 is 0 Å². The molecule has 1 rings (SSSR count). The van der Waals surface area contributed by atoms with Crippen molar-refractivity contribution in [2.45, 2.75) is 39.2 Å². The molecule has 1 saturated heterocycles. The van der Waals surface area contributed by atoms with Gasteiger partial charge in [-0.15, -0.1) is 0 Å². The molecule has 96 valence electrons. The van der Waals surface area contributed by atoms with E-state index in [1.165, 1.54) is 51.2 Å². The minimum Gasteiger partial charge on any atom is -0.311 e. The molecular formula is C13H28N2S. The molecule has 2 nitrogen and oxygen atoms in total. The van der Waals surface area contributed by atoms with Crippen LogP contribution in [-0.4, -0.2) is 49.1 Å². The third-order valence-corrected chi connectivity index (χ3v) is 4.39. The third-order valence-electron chi connectivity index (χ3n) is 3.69. The summed E-state index contributed by atoms with van der Waals surface area (Å²) in [4.78, 5) is 2.65. The lowest BCUT2D eigenvalue weighted by Crippen LogP contribution is -2.53. The second kappa shape index (κ2) is 8.37. The monoisotopic (exact) mass is 244 g/mol. The Bertz CT molecular complexity index is 175. The van der Waals surface area contributed by atoms with Gasteiger partial charge in [0.25, 0.3) is 0 Å². The number of unbranched alkanes of at least 4 members (excludes halogenated alkanes) is 1. The molecule has 0 amide bonds. The topological polar surface area (TPSA) is 15.3 Å². The van der Waals surface area contributed by atoms with Crippen molar-refractivity contribution in [1.29, 1.82) is 0 Å². The molecule has 1 N–H and O–H groups in total. The fourth-order valence-electron chi connectivity index (χ4n) is 2.29. The molecule has 0 aromatic heterocycles. The zero-order chi connectivity index (χ0) is 11.8. The van der Waals surface area contributed by atoms with E-state index < -0.39 is 0 Å². The molecule has 0 aliphatic carbocycles. The Morgan fingerprint density at radius 1 is 1.44 bits per heavy atom. The lowest BCUT2D eigenvalue weighted by atomic mass is 9.97. The van der Waals surface area contributed by atoms with Crippen molar-refractivity contribution in [3.63, 3.8) is 0 Å². The largest absolute Gasteiger partial charge is 0.311 e. The van der Waals surface area contributed by atoms with E-state index in [1.807, 2.05) is 11.8 Å². The average Bonchev–Trinajstić information content (AvgIpc) is 2.34. The number of hydrogen-bond donors (Lipinski definition) is 1. The van der Waals surface area contributed by atoms with Gasteiger partial charge in [-0.05, 0) is 37.3 Å². The molecular weight excluding hydrogens is 216 g/mol. The predicted octanol–water partition coefficient (Wildman–Crippen LogP) is 2.45. The summed E-state index contributed by atoms with van der Waals surface area (Å²) in [6.07, 6.45) is 6.23. The Hall–Kier alpha value is 0.270. The fraction of sp³-hybridized carbons (Fsp3) is 1.00. The molecule has 0 aromatic rings. The van der Waals surface area contributed by atoms with Crippen molar-refractivity contribution in [2.75, 3.05) is 38.2 Å². The lowest BCUT2D eigenvalue weighted by Gasteiger charge is -2.36. The highest BCUT2D eigenvalue weighted by Crippen LogP contribution is 2.12. The van der Waals surface area contributed by atoms with Crippen LogP contribution in [0.15, 0.2) is 0 Å². The van der Waals surface area contributed by atoms with Gasteiger partial charge in [0.2, 0.25) is 0 Å². The smallest absolute Gasteiger partial charge is 0.0221 e. The molecule has 3 heteroatoms. The maximum absolute atomic E-state index is 3.66. The van der Waals surface area contributed by atoms with Crippen LogP contribution in [0.4, 0.5) is 0 Å². The molecule has 1 aliphatic rings. The zero-order valence-corrected chi connectivity index (χ0v) is 12.0. The fourth-order valence-corrected chi connectivity index (χ4v) is 2.79. The maximum Gasteiger partial charge on any atom is 0.0221 e. The highest BCUT2D eigenvalue weighted by molar-refractivity contribution is 7.98. The van der Waals surface area contributed by atoms with E-state index in [9.17, 15) is 0 Å². The second-order valence-electron chi connectivity index (χ2n) is 4.95. The van der Waals surface area contributed by atoms with Gasteiger partial charge in [-0.1, -0.05) is 20.3 Å². The van der Waals surface area contributed by atoms with Crippen molar-refractivity contribution in [1.82, 2.24) is 10.2 Å². The molecule has 0 bridgehead atoms. The summed E-state index contributed by atoms with van der Waals surface area (Å²) in [6, 6.07) is 0.722. The lowest BCUT2D eigenvalue weighted by molar-refractivity contribution is 0.167. The number of nitrogens with one attached hydrogen (secondary N) is 1. The quantitative estimate of drug-likeness (QED) is 0.693. The van der Waals surface area contributed by atoms with E-state index in [2.05, 4.69) is 30.3 Å². The van der Waals surface area contributed by atoms with Gasteiger partial charge in [0.1, 0.15) is 0 Å². The SMILES string of the molecule is CCC(C)C1CN(CCCCSC)CCN1. The van der Waals surface area contributed by atoms with Gasteiger partial charge in [-0.3, -0.25) is 0 Å². The summed E-state index contributed by atoms with van der Waals surface area (Å²) in [5.41, 5.74) is 0. The van der Waals surface area contributed by atoms with Crippen LogP contribution in [0.1, 0.15) is 33.1 Å². The summed E-state index contributed by atoms with van der Waals surface area (Å²) in [7, 11) is 0. The van der Waals surface area contributed by atoms with E-state index in [0.717, 1.165) is 12.0 Å². The minimum absolute atomic E-state index is 0.722. The Kier molecular flexibility index (Phi) is 7.50. The molecule has 0 aromatic carbocycles. The zero-order valence-electron chi connectivity index (χ0n) is 11.2. The first-order chi connectivity index (χ1) is 7.77. The molecule has 1 heterocycles. The van der Waals surface area contributed by atoms with Crippen LogP contribution in [-0.2, 0) is 0 Å². The van der Waals surface area contributed by atoms with Crippen molar-refractivity contribution in [3.05, 3.63) is 0 Å². The highest BCUT2D eigenvalue weighted by Gasteiger charge is 2.22. The van der Waals surface area contributed by atoms with E-state index in [1.54, 1.807) is 0 Å². The first-order valence-corrected chi connectivity index (χ1v) is 8.12. The standard InChI is InChI=1S/C13H28N2S/c1-4-12(2)13-11-15(9-7-14-13)8-5-6-10-16-3/h12-14H,4-11H2,1-3H3. The first kappa shape index (κ1) is 14.3. The molecule has 1 aliphatic heterocycles. The Morgan fingerprint density at radius 2 is 2.25 bits per heavy atom. The van der Waals surface area contributed by atoms with E-state index in [-0.39, 0.29) is 0 Å². The molecule has 2 unspecified atom stereocenters. The van der Waals surface area contributed by atoms with E-state index >= 15 is 0 Å². The Morgan fingerprint density at radius 3 is 2.94 bits per heavy atom. The third kappa shape index (κ3) is 5.07. The number of thioether (sulfide) groups is 1. The highest BCUT2D eigenvalue weighted by atomic mass is 32.2. The second-order valence-corrected chi connectivity index (χ2v) is 5.93. The molecule has 2 atom stereocenters. The molecule has 1 fully saturated rings. The number of rotatable bonds is 7. The van der Waals surface area contributed by atoms with Gasteiger partial charge in [0.05, 0.1) is 0 Å². The maximum atomic E-state index is 3.66. The van der Waals surface area contributed by atoms with Crippen LogP contribution in [0.5, 0.6) is 0 Å².